The maximum atomic E-state index is 12.3. The first-order chi connectivity index (χ1) is 15.2. The number of amides is 1. The smallest absolute Gasteiger partial charge is 0.234 e. The number of carbonyl (C=O) groups excluding carboxylic acids is 1. The number of piperazine rings is 1. The zero-order valence-electron chi connectivity index (χ0n) is 17.6. The van der Waals surface area contributed by atoms with Crippen LogP contribution in [-0.2, 0) is 11.2 Å². The highest BCUT2D eigenvalue weighted by atomic mass is 16.5. The standard InChI is InChI=1S/C22H27N7O2/c1-31-22-15-23-14-20(26-22)28-11-9-27(10-12-28)17-21(30)24-8-7-18-13-25-29(16-18)19-5-3-2-4-6-19/h2-6,13-16H,7-12,17H2,1H3,(H,24,30). The van der Waals surface area contributed by atoms with Crippen LogP contribution in [0.3, 0.4) is 0 Å². The molecule has 3 aromatic rings. The van der Waals surface area contributed by atoms with Crippen molar-refractivity contribution < 1.29 is 9.53 Å². The van der Waals surface area contributed by atoms with Gasteiger partial charge in [-0.05, 0) is 24.1 Å². The van der Waals surface area contributed by atoms with Crippen molar-refractivity contribution >= 4 is 11.7 Å². The number of anilines is 1. The third-order valence-corrected chi connectivity index (χ3v) is 5.27. The van der Waals surface area contributed by atoms with Gasteiger partial charge in [0.05, 0.1) is 37.9 Å². The maximum Gasteiger partial charge on any atom is 0.234 e. The Hall–Kier alpha value is -3.46. The summed E-state index contributed by atoms with van der Waals surface area (Å²) in [5, 5.41) is 7.41. The van der Waals surface area contributed by atoms with Crippen LogP contribution in [0, 0.1) is 0 Å². The predicted molar refractivity (Wildman–Crippen MR) is 118 cm³/mol. The number of para-hydroxylation sites is 1. The van der Waals surface area contributed by atoms with Crippen LogP contribution in [0.15, 0.2) is 55.1 Å². The van der Waals surface area contributed by atoms with Crippen LogP contribution in [-0.4, -0.2) is 76.9 Å². The van der Waals surface area contributed by atoms with Gasteiger partial charge in [0, 0.05) is 38.9 Å². The molecule has 0 saturated carbocycles. The monoisotopic (exact) mass is 421 g/mol. The maximum absolute atomic E-state index is 12.3. The molecule has 9 heteroatoms. The lowest BCUT2D eigenvalue weighted by molar-refractivity contribution is -0.122. The van der Waals surface area contributed by atoms with E-state index in [0.29, 0.717) is 19.0 Å². The largest absolute Gasteiger partial charge is 0.480 e. The van der Waals surface area contributed by atoms with Crippen LogP contribution in [0.4, 0.5) is 5.82 Å². The van der Waals surface area contributed by atoms with Gasteiger partial charge in [-0.15, -0.1) is 0 Å². The Balaban J connectivity index is 1.18. The number of aromatic nitrogens is 4. The summed E-state index contributed by atoms with van der Waals surface area (Å²) >= 11 is 0. The fraction of sp³-hybridized carbons (Fsp3) is 0.364. The van der Waals surface area contributed by atoms with Gasteiger partial charge in [-0.25, -0.2) is 4.68 Å². The van der Waals surface area contributed by atoms with Crippen LogP contribution < -0.4 is 15.0 Å². The molecular weight excluding hydrogens is 394 g/mol. The lowest BCUT2D eigenvalue weighted by Gasteiger charge is -2.34. The number of carbonyl (C=O) groups is 1. The van der Waals surface area contributed by atoms with Crippen molar-refractivity contribution in [1.29, 1.82) is 0 Å². The van der Waals surface area contributed by atoms with E-state index >= 15 is 0 Å². The van der Waals surface area contributed by atoms with Crippen molar-refractivity contribution in [3.05, 3.63) is 60.7 Å². The Morgan fingerprint density at radius 2 is 1.90 bits per heavy atom. The Bertz CT molecular complexity index is 984. The minimum absolute atomic E-state index is 0.0464. The second-order valence-corrected chi connectivity index (χ2v) is 7.41. The van der Waals surface area contributed by atoms with E-state index in [0.717, 1.165) is 49.7 Å². The van der Waals surface area contributed by atoms with Crippen molar-refractivity contribution in [3.63, 3.8) is 0 Å². The number of nitrogens with zero attached hydrogens (tertiary/aromatic N) is 6. The molecule has 1 saturated heterocycles. The third-order valence-electron chi connectivity index (χ3n) is 5.27. The molecule has 0 bridgehead atoms. The average molecular weight is 422 g/mol. The summed E-state index contributed by atoms with van der Waals surface area (Å²) in [6.07, 6.45) is 7.93. The number of rotatable bonds is 8. The molecular formula is C22H27N7O2. The lowest BCUT2D eigenvalue weighted by atomic mass is 10.2. The van der Waals surface area contributed by atoms with Crippen LogP contribution in [0.1, 0.15) is 5.56 Å². The molecule has 1 amide bonds. The molecule has 31 heavy (non-hydrogen) atoms. The van der Waals surface area contributed by atoms with Gasteiger partial charge >= 0.3 is 0 Å². The molecule has 1 aromatic carbocycles. The summed E-state index contributed by atoms with van der Waals surface area (Å²) < 4.78 is 6.99. The van der Waals surface area contributed by atoms with E-state index in [-0.39, 0.29) is 5.91 Å². The minimum atomic E-state index is 0.0464. The van der Waals surface area contributed by atoms with Gasteiger partial charge < -0.3 is 15.0 Å². The molecule has 0 atom stereocenters. The van der Waals surface area contributed by atoms with E-state index in [9.17, 15) is 4.79 Å². The van der Waals surface area contributed by atoms with E-state index in [4.69, 9.17) is 4.74 Å². The Kier molecular flexibility index (Phi) is 6.73. The van der Waals surface area contributed by atoms with E-state index in [1.165, 1.54) is 0 Å². The molecule has 1 N–H and O–H groups in total. The van der Waals surface area contributed by atoms with Crippen LogP contribution in [0.25, 0.3) is 5.69 Å². The first-order valence-electron chi connectivity index (χ1n) is 10.4. The summed E-state index contributed by atoms with van der Waals surface area (Å²) in [5.41, 5.74) is 2.12. The number of benzene rings is 1. The summed E-state index contributed by atoms with van der Waals surface area (Å²) in [5.74, 6) is 1.36. The average Bonchev–Trinajstić information content (AvgIpc) is 3.29. The molecule has 9 nitrogen and oxygen atoms in total. The van der Waals surface area contributed by atoms with Crippen molar-refractivity contribution in [3.8, 4) is 11.6 Å². The van der Waals surface area contributed by atoms with Gasteiger partial charge in [0.25, 0.3) is 0 Å². The zero-order chi connectivity index (χ0) is 21.5. The van der Waals surface area contributed by atoms with E-state index in [1.54, 1.807) is 19.5 Å². The summed E-state index contributed by atoms with van der Waals surface area (Å²) in [7, 11) is 1.58. The Labute approximate surface area is 181 Å². The second kappa shape index (κ2) is 10.0. The van der Waals surface area contributed by atoms with Gasteiger partial charge in [-0.1, -0.05) is 18.2 Å². The normalized spacial score (nSPS) is 14.4. The van der Waals surface area contributed by atoms with Crippen LogP contribution in [0.2, 0.25) is 0 Å². The number of ether oxygens (including phenoxy) is 1. The SMILES string of the molecule is COc1cncc(N2CCN(CC(=O)NCCc3cnn(-c4ccccc4)c3)CC2)n1. The zero-order valence-corrected chi connectivity index (χ0v) is 17.6. The second-order valence-electron chi connectivity index (χ2n) is 7.41. The number of nitrogens with one attached hydrogen (secondary N) is 1. The van der Waals surface area contributed by atoms with Crippen LogP contribution >= 0.6 is 0 Å². The molecule has 4 rings (SSSR count). The molecule has 162 valence electrons. The highest BCUT2D eigenvalue weighted by molar-refractivity contribution is 5.78. The molecule has 2 aromatic heterocycles. The van der Waals surface area contributed by atoms with Gasteiger partial charge in [0.1, 0.15) is 0 Å². The molecule has 0 unspecified atom stereocenters. The minimum Gasteiger partial charge on any atom is -0.480 e. The van der Waals surface area contributed by atoms with Gasteiger partial charge in [-0.3, -0.25) is 14.7 Å². The predicted octanol–water partition coefficient (Wildman–Crippen LogP) is 1.15. The molecule has 0 aliphatic carbocycles. The number of methoxy groups -OCH3 is 1. The third kappa shape index (κ3) is 5.58. The number of hydrogen-bond acceptors (Lipinski definition) is 7. The first kappa shape index (κ1) is 20.8. The topological polar surface area (TPSA) is 88.4 Å². The Morgan fingerprint density at radius 1 is 1.10 bits per heavy atom. The van der Waals surface area contributed by atoms with E-state index in [1.807, 2.05) is 47.4 Å². The summed E-state index contributed by atoms with van der Waals surface area (Å²) in [4.78, 5) is 25.2. The molecule has 3 heterocycles. The summed E-state index contributed by atoms with van der Waals surface area (Å²) in [6, 6.07) is 9.98. The fourth-order valence-electron chi connectivity index (χ4n) is 3.54. The highest BCUT2D eigenvalue weighted by Gasteiger charge is 2.20. The van der Waals surface area contributed by atoms with Crippen molar-refractivity contribution in [2.75, 3.05) is 51.3 Å². The Morgan fingerprint density at radius 3 is 2.68 bits per heavy atom. The highest BCUT2D eigenvalue weighted by Crippen LogP contribution is 2.15. The molecule has 1 aliphatic heterocycles. The van der Waals surface area contributed by atoms with Crippen molar-refractivity contribution in [1.82, 2.24) is 30.0 Å². The van der Waals surface area contributed by atoms with Crippen molar-refractivity contribution in [2.24, 2.45) is 0 Å². The molecule has 0 radical (unpaired) electrons. The molecule has 1 aliphatic rings. The lowest BCUT2D eigenvalue weighted by Crippen LogP contribution is -2.49. The van der Waals surface area contributed by atoms with Gasteiger partial charge in [-0.2, -0.15) is 10.1 Å². The van der Waals surface area contributed by atoms with Gasteiger partial charge in [0.2, 0.25) is 11.8 Å². The molecule has 0 spiro atoms. The fourth-order valence-corrected chi connectivity index (χ4v) is 3.54. The van der Waals surface area contributed by atoms with E-state index in [2.05, 4.69) is 30.2 Å². The van der Waals surface area contributed by atoms with Crippen LogP contribution in [0.5, 0.6) is 5.88 Å². The molecule has 1 fully saturated rings. The first-order valence-corrected chi connectivity index (χ1v) is 10.4. The summed E-state index contributed by atoms with van der Waals surface area (Å²) in [6.45, 7) is 4.20. The quantitative estimate of drug-likeness (QED) is 0.584. The van der Waals surface area contributed by atoms with E-state index < -0.39 is 0 Å². The number of hydrogen-bond donors (Lipinski definition) is 1. The van der Waals surface area contributed by atoms with Gasteiger partial charge in [0.15, 0.2) is 5.82 Å². The van der Waals surface area contributed by atoms with Crippen molar-refractivity contribution in [2.45, 2.75) is 6.42 Å².